The molecule has 0 unspecified atom stereocenters. The Morgan fingerprint density at radius 3 is 2.20 bits per heavy atom. The highest BCUT2D eigenvalue weighted by atomic mass is 16.7. The van der Waals surface area contributed by atoms with Crippen LogP contribution in [0.1, 0.15) is 106 Å². The van der Waals surface area contributed by atoms with Gasteiger partial charge in [-0.1, -0.05) is 51.1 Å². The van der Waals surface area contributed by atoms with Gasteiger partial charge in [0.15, 0.2) is 24.8 Å². The first-order valence-electron chi connectivity index (χ1n) is 26.0. The fraction of sp³-hybridized carbons (Fsp3) is 0.704. The van der Waals surface area contributed by atoms with Gasteiger partial charge in [0.1, 0.15) is 29.2 Å². The number of hydrogen-bond donors (Lipinski definition) is 6. The number of carbonyl (C=O) groups is 4. The van der Waals surface area contributed by atoms with Gasteiger partial charge in [-0.15, -0.1) is 0 Å². The molecular formula is C54H85N5O16. The molecule has 0 saturated carbocycles. The summed E-state index contributed by atoms with van der Waals surface area (Å²) < 4.78 is 55.9. The molecular weight excluding hydrogens is 975 g/mol. The molecule has 1 aromatic carbocycles. The first-order chi connectivity index (χ1) is 35.2. The lowest BCUT2D eigenvalue weighted by Gasteiger charge is -2.49. The number of hydrazine groups is 1. The van der Waals surface area contributed by atoms with Gasteiger partial charge in [-0.25, -0.2) is 15.0 Å². The van der Waals surface area contributed by atoms with Crippen molar-refractivity contribution in [3.63, 3.8) is 0 Å². The second kappa shape index (κ2) is 26.6. The molecule has 3 saturated heterocycles. The van der Waals surface area contributed by atoms with Crippen LogP contribution in [0.5, 0.6) is 0 Å². The summed E-state index contributed by atoms with van der Waals surface area (Å²) in [5.41, 5.74) is 0.397. The van der Waals surface area contributed by atoms with E-state index in [1.54, 1.807) is 53.7 Å². The van der Waals surface area contributed by atoms with E-state index < -0.39 is 114 Å². The van der Waals surface area contributed by atoms with Gasteiger partial charge >= 0.3 is 18.2 Å². The molecule has 6 N–H and O–H groups in total. The van der Waals surface area contributed by atoms with E-state index in [0.29, 0.717) is 18.7 Å². The lowest BCUT2D eigenvalue weighted by Crippen LogP contribution is -2.61. The van der Waals surface area contributed by atoms with Crippen molar-refractivity contribution >= 4 is 30.1 Å². The summed E-state index contributed by atoms with van der Waals surface area (Å²) in [5, 5.41) is 40.1. The summed E-state index contributed by atoms with van der Waals surface area (Å²) in [7, 11) is 6.99. The number of cyclic esters (lactones) is 1. The number of carbonyl (C=O) groups excluding carboxylic acids is 4. The Balaban J connectivity index is 1.50. The van der Waals surface area contributed by atoms with Crippen LogP contribution in [0, 0.1) is 17.8 Å². The first kappa shape index (κ1) is 61.2. The standard InChI is InChI=1S/C54H85N5O16/c1-15-40-54(10,66)46(74-50(63)55-29-37-20-17-16-18-21-37)35(6)59(13)30-31(2)27-52(8,65)45(73-49-43(61)39(58(11)12)26-32(3)69-49)33(4)44(34(5)48(62)71-40)72-42-28-53(9,67-14)47(36(7)70-42)75-51(64)57-56-41(60)24-23-38-22-19-25-68-38/h16-25,31-36,39-40,42-47,49,61,65-66H,15,26-30H2,1-14H3,(H,55,63)(H,56,60)(H,57,64)/b24-23+/t31-,32-,33-,34-,35-,36+,39+,40+,42+,43-,44+,45-,46-,47+,49+,52-,53-,54-/m1/s1. The van der Waals surface area contributed by atoms with Crippen LogP contribution < -0.4 is 16.2 Å². The Morgan fingerprint density at radius 2 is 1.57 bits per heavy atom. The van der Waals surface area contributed by atoms with Crippen molar-refractivity contribution in [2.45, 2.75) is 192 Å². The molecule has 3 fully saturated rings. The molecule has 0 bridgehead atoms. The number of esters is 1. The van der Waals surface area contributed by atoms with Gasteiger partial charge in [0.25, 0.3) is 5.91 Å². The number of ether oxygens (including phenoxy) is 8. The van der Waals surface area contributed by atoms with Gasteiger partial charge in [0, 0.05) is 50.7 Å². The molecule has 18 atom stereocenters. The minimum absolute atomic E-state index is 0.0533. The summed E-state index contributed by atoms with van der Waals surface area (Å²) >= 11 is 0. The fourth-order valence-electron chi connectivity index (χ4n) is 10.9. The molecule has 21 nitrogen and oxygen atoms in total. The number of aliphatic hydroxyl groups excluding tert-OH is 1. The van der Waals surface area contributed by atoms with Crippen LogP contribution >= 0.6 is 0 Å². The average molecular weight is 1060 g/mol. The molecule has 5 rings (SSSR count). The van der Waals surface area contributed by atoms with Crippen LogP contribution in [-0.4, -0.2) is 174 Å². The Hall–Kier alpha value is -4.68. The van der Waals surface area contributed by atoms with Crippen LogP contribution in [0.2, 0.25) is 0 Å². The molecule has 3 aliphatic rings. The predicted molar refractivity (Wildman–Crippen MR) is 275 cm³/mol. The van der Waals surface area contributed by atoms with E-state index in [1.807, 2.05) is 82.0 Å². The molecule has 75 heavy (non-hydrogen) atoms. The highest BCUT2D eigenvalue weighted by Crippen LogP contribution is 2.41. The number of furan rings is 1. The van der Waals surface area contributed by atoms with Crippen LogP contribution in [0.25, 0.3) is 6.08 Å². The van der Waals surface area contributed by atoms with E-state index in [1.165, 1.54) is 32.4 Å². The molecule has 3 aliphatic heterocycles. The second-order valence-corrected chi connectivity index (χ2v) is 21.7. The molecule has 2 aromatic rings. The quantitative estimate of drug-likeness (QED) is 0.0674. The van der Waals surface area contributed by atoms with Crippen molar-refractivity contribution in [2.75, 3.05) is 34.8 Å². The van der Waals surface area contributed by atoms with Crippen molar-refractivity contribution in [2.24, 2.45) is 17.8 Å². The van der Waals surface area contributed by atoms with Gasteiger partial charge in [-0.3, -0.25) is 19.9 Å². The Kier molecular flexibility index (Phi) is 21.7. The predicted octanol–water partition coefficient (Wildman–Crippen LogP) is 4.91. The molecule has 21 heteroatoms. The zero-order chi connectivity index (χ0) is 55.6. The van der Waals surface area contributed by atoms with E-state index in [9.17, 15) is 34.5 Å². The van der Waals surface area contributed by atoms with E-state index in [0.717, 1.165) is 5.56 Å². The maximum atomic E-state index is 14.9. The number of methoxy groups -OCH3 is 1. The maximum Gasteiger partial charge on any atom is 0.426 e. The van der Waals surface area contributed by atoms with Gasteiger partial charge in [-0.2, -0.15) is 0 Å². The van der Waals surface area contributed by atoms with Crippen molar-refractivity contribution in [1.29, 1.82) is 0 Å². The molecule has 0 radical (unpaired) electrons. The molecule has 0 spiro atoms. The third-order valence-corrected chi connectivity index (χ3v) is 15.1. The lowest BCUT2D eigenvalue weighted by molar-refractivity contribution is -0.317. The number of rotatable bonds is 13. The van der Waals surface area contributed by atoms with Crippen LogP contribution in [0.4, 0.5) is 9.59 Å². The van der Waals surface area contributed by atoms with Crippen LogP contribution in [0.3, 0.4) is 0 Å². The molecule has 422 valence electrons. The van der Waals surface area contributed by atoms with Gasteiger partial charge in [0.2, 0.25) is 0 Å². The highest BCUT2D eigenvalue weighted by molar-refractivity contribution is 5.92. The van der Waals surface area contributed by atoms with Crippen molar-refractivity contribution in [3.8, 4) is 0 Å². The fourth-order valence-corrected chi connectivity index (χ4v) is 10.9. The van der Waals surface area contributed by atoms with E-state index in [2.05, 4.69) is 16.2 Å². The van der Waals surface area contributed by atoms with Gasteiger partial charge in [0.05, 0.1) is 42.2 Å². The highest BCUT2D eigenvalue weighted by Gasteiger charge is 2.54. The zero-order valence-corrected chi connectivity index (χ0v) is 46.2. The van der Waals surface area contributed by atoms with Crippen LogP contribution in [-0.2, 0) is 54.0 Å². The third kappa shape index (κ3) is 16.0. The molecule has 4 heterocycles. The summed E-state index contributed by atoms with van der Waals surface area (Å²) in [6.45, 7) is 17.8. The number of aliphatic hydroxyl groups is 3. The summed E-state index contributed by atoms with van der Waals surface area (Å²) in [4.78, 5) is 57.9. The number of likely N-dealkylation sites (N-methyl/N-ethyl adjacent to an activating group) is 2. The molecule has 0 aliphatic carbocycles. The topological polar surface area (TPSA) is 259 Å². The third-order valence-electron chi connectivity index (χ3n) is 15.1. The monoisotopic (exact) mass is 1060 g/mol. The number of nitrogens with zero attached hydrogens (tertiary/aromatic N) is 2. The van der Waals surface area contributed by atoms with Gasteiger partial charge in [-0.05, 0) is 119 Å². The zero-order valence-electron chi connectivity index (χ0n) is 46.2. The first-order valence-corrected chi connectivity index (χ1v) is 26.0. The average Bonchev–Trinajstić information content (AvgIpc) is 3.88. The maximum absolute atomic E-state index is 14.9. The molecule has 1 aromatic heterocycles. The lowest BCUT2D eigenvalue weighted by atomic mass is 9.77. The summed E-state index contributed by atoms with van der Waals surface area (Å²) in [5.74, 6) is -3.36. The Labute approximate surface area is 442 Å². The smallest absolute Gasteiger partial charge is 0.426 e. The summed E-state index contributed by atoms with van der Waals surface area (Å²) in [6, 6.07) is 11.6. The minimum Gasteiger partial charge on any atom is -0.465 e. The van der Waals surface area contributed by atoms with Crippen LogP contribution in [0.15, 0.2) is 59.2 Å². The Bertz CT molecular complexity index is 2160. The number of nitrogens with one attached hydrogen (secondary N) is 3. The second-order valence-electron chi connectivity index (χ2n) is 21.7. The van der Waals surface area contributed by atoms with E-state index in [-0.39, 0.29) is 43.9 Å². The molecule has 3 amide bonds. The van der Waals surface area contributed by atoms with Gasteiger partial charge < -0.3 is 67.8 Å². The van der Waals surface area contributed by atoms with Crippen molar-refractivity contribution in [3.05, 3.63) is 66.1 Å². The SMILES string of the molecule is CC[C@@H]1OC(=O)[C@H](C)[C@@H](O[C@H]2C[C@@](C)(OC)[C@@H](OC(=O)NNC(=O)/C=C/c3ccco3)[C@H](C)O2)[C@@H](C)[C@@H](O[C@@H]2O[C@H](C)C[C@H](N(C)C)[C@H]2O)[C@](C)(O)C[C@@H](C)CN(C)[C@H](C)[C@@H](OC(=O)NCc2ccccc2)[C@]1(C)O. The largest absolute Gasteiger partial charge is 0.465 e. The minimum atomic E-state index is -1.96. The Morgan fingerprint density at radius 1 is 0.893 bits per heavy atom. The number of alkyl carbamates (subject to hydrolysis) is 1. The number of amides is 3. The normalized spacial score (nSPS) is 37.7. The number of hydrogen-bond acceptors (Lipinski definition) is 18. The van der Waals surface area contributed by atoms with Crippen molar-refractivity contribution < 1.29 is 76.8 Å². The number of benzene rings is 1. The van der Waals surface area contributed by atoms with E-state index in [4.69, 9.17) is 42.3 Å². The van der Waals surface area contributed by atoms with Crippen molar-refractivity contribution in [1.82, 2.24) is 26.0 Å². The van der Waals surface area contributed by atoms with E-state index >= 15 is 0 Å². The summed E-state index contributed by atoms with van der Waals surface area (Å²) in [6.07, 6.45) is -7.66.